The standard InChI is InChI=1S/C19H25FN4O5S/c1-4-6-11-24-16(21)15(17(25)22-19(24)27)23(5-2)18(26)12(3)30(28,29)14-9-7-13(20)8-10-14/h7-10,12H,4-6,11,21H2,1-3H3,(H,22,25,27). The SMILES string of the molecule is CCCCn1c(N)c(N(CC)C(=O)C(C)S(=O)(=O)c2ccc(F)cc2)c(=O)[nH]c1=O. The molecule has 1 aromatic heterocycles. The smallest absolute Gasteiger partial charge is 0.330 e. The van der Waals surface area contributed by atoms with Crippen LogP contribution < -0.4 is 21.9 Å². The van der Waals surface area contributed by atoms with Gasteiger partial charge in [0.15, 0.2) is 15.5 Å². The summed E-state index contributed by atoms with van der Waals surface area (Å²) in [6.07, 6.45) is 1.38. The Kier molecular flexibility index (Phi) is 7.19. The fraction of sp³-hybridized carbons (Fsp3) is 0.421. The quantitative estimate of drug-likeness (QED) is 0.594. The molecule has 0 aliphatic rings. The number of nitrogen functional groups attached to an aromatic ring is 1. The van der Waals surface area contributed by atoms with Crippen LogP contribution in [0.25, 0.3) is 0 Å². The van der Waals surface area contributed by atoms with Crippen molar-refractivity contribution in [3.63, 3.8) is 0 Å². The van der Waals surface area contributed by atoms with E-state index in [4.69, 9.17) is 5.73 Å². The van der Waals surface area contributed by atoms with Crippen molar-refractivity contribution in [2.75, 3.05) is 17.2 Å². The van der Waals surface area contributed by atoms with Crippen LogP contribution in [0.5, 0.6) is 0 Å². The Balaban J connectivity index is 2.51. The summed E-state index contributed by atoms with van der Waals surface area (Å²) in [4.78, 5) is 40.4. The van der Waals surface area contributed by atoms with Crippen LogP contribution in [0.4, 0.5) is 15.9 Å². The van der Waals surface area contributed by atoms with E-state index < -0.39 is 38.1 Å². The summed E-state index contributed by atoms with van der Waals surface area (Å²) >= 11 is 0. The molecule has 1 aromatic carbocycles. The highest BCUT2D eigenvalue weighted by Crippen LogP contribution is 2.23. The molecule has 0 bridgehead atoms. The van der Waals surface area contributed by atoms with Crippen molar-refractivity contribution in [2.24, 2.45) is 0 Å². The average Bonchev–Trinajstić information content (AvgIpc) is 2.70. The average molecular weight is 440 g/mol. The number of rotatable bonds is 8. The highest BCUT2D eigenvalue weighted by Gasteiger charge is 2.35. The molecule has 0 aliphatic heterocycles. The Morgan fingerprint density at radius 3 is 2.37 bits per heavy atom. The predicted molar refractivity (Wildman–Crippen MR) is 112 cm³/mol. The van der Waals surface area contributed by atoms with E-state index in [2.05, 4.69) is 4.98 Å². The van der Waals surface area contributed by atoms with Gasteiger partial charge in [0.2, 0.25) is 5.91 Å². The molecule has 2 aromatic rings. The van der Waals surface area contributed by atoms with Crippen molar-refractivity contribution < 1.29 is 17.6 Å². The Hall–Kier alpha value is -2.95. The number of halogens is 1. The molecular formula is C19H25FN4O5S. The van der Waals surface area contributed by atoms with Crippen molar-refractivity contribution in [3.05, 3.63) is 50.9 Å². The van der Waals surface area contributed by atoms with Crippen LogP contribution in [-0.2, 0) is 21.2 Å². The lowest BCUT2D eigenvalue weighted by Crippen LogP contribution is -2.46. The molecule has 0 saturated heterocycles. The van der Waals surface area contributed by atoms with Gasteiger partial charge < -0.3 is 10.6 Å². The zero-order valence-electron chi connectivity index (χ0n) is 17.0. The lowest BCUT2D eigenvalue weighted by Gasteiger charge is -2.25. The van der Waals surface area contributed by atoms with E-state index in [1.54, 1.807) is 6.92 Å². The third kappa shape index (κ3) is 4.45. The Bertz CT molecular complexity index is 1140. The Labute approximate surface area is 173 Å². The van der Waals surface area contributed by atoms with Crippen LogP contribution in [0, 0.1) is 5.82 Å². The maximum Gasteiger partial charge on any atom is 0.330 e. The third-order valence-corrected chi connectivity index (χ3v) is 6.82. The minimum atomic E-state index is -4.16. The first kappa shape index (κ1) is 23.3. The number of aromatic nitrogens is 2. The topological polar surface area (TPSA) is 135 Å². The summed E-state index contributed by atoms with van der Waals surface area (Å²) in [7, 11) is -4.16. The zero-order valence-corrected chi connectivity index (χ0v) is 17.8. The molecule has 1 unspecified atom stereocenters. The number of nitrogens with two attached hydrogens (primary N) is 1. The number of anilines is 2. The molecular weight excluding hydrogens is 415 g/mol. The first-order valence-electron chi connectivity index (χ1n) is 9.49. The molecule has 0 saturated carbocycles. The van der Waals surface area contributed by atoms with E-state index >= 15 is 0 Å². The molecule has 164 valence electrons. The molecule has 1 heterocycles. The molecule has 0 spiro atoms. The highest BCUT2D eigenvalue weighted by molar-refractivity contribution is 7.92. The molecule has 3 N–H and O–H groups in total. The molecule has 1 amide bonds. The van der Waals surface area contributed by atoms with Crippen LogP contribution in [0.2, 0.25) is 0 Å². The first-order chi connectivity index (χ1) is 14.1. The van der Waals surface area contributed by atoms with Gasteiger partial charge >= 0.3 is 5.69 Å². The Morgan fingerprint density at radius 2 is 1.83 bits per heavy atom. The van der Waals surface area contributed by atoms with Crippen molar-refractivity contribution in [1.82, 2.24) is 9.55 Å². The molecule has 2 rings (SSSR count). The van der Waals surface area contributed by atoms with Crippen LogP contribution >= 0.6 is 0 Å². The fourth-order valence-electron chi connectivity index (χ4n) is 2.98. The van der Waals surface area contributed by atoms with Crippen LogP contribution in [0.3, 0.4) is 0 Å². The normalized spacial score (nSPS) is 12.5. The number of carbonyl (C=O) groups is 1. The number of amides is 1. The van der Waals surface area contributed by atoms with Gasteiger partial charge in [-0.15, -0.1) is 0 Å². The minimum absolute atomic E-state index is 0.0542. The van der Waals surface area contributed by atoms with E-state index in [-0.39, 0.29) is 29.5 Å². The molecule has 11 heteroatoms. The molecule has 9 nitrogen and oxygen atoms in total. The zero-order chi connectivity index (χ0) is 22.6. The third-order valence-electron chi connectivity index (χ3n) is 4.76. The fourth-order valence-corrected chi connectivity index (χ4v) is 4.30. The van der Waals surface area contributed by atoms with Gasteiger partial charge in [0.1, 0.15) is 16.9 Å². The van der Waals surface area contributed by atoms with Crippen molar-refractivity contribution in [3.8, 4) is 0 Å². The van der Waals surface area contributed by atoms with E-state index in [0.29, 0.717) is 6.42 Å². The van der Waals surface area contributed by atoms with Crippen LogP contribution in [0.1, 0.15) is 33.6 Å². The van der Waals surface area contributed by atoms with Crippen LogP contribution in [0.15, 0.2) is 38.8 Å². The predicted octanol–water partition coefficient (Wildman–Crippen LogP) is 1.27. The number of benzene rings is 1. The van der Waals surface area contributed by atoms with Gasteiger partial charge in [-0.2, -0.15) is 0 Å². The van der Waals surface area contributed by atoms with Gasteiger partial charge in [0, 0.05) is 13.1 Å². The summed E-state index contributed by atoms with van der Waals surface area (Å²) in [6.45, 7) is 4.83. The number of carbonyl (C=O) groups excluding carboxylic acids is 1. The summed E-state index contributed by atoms with van der Waals surface area (Å²) in [5.41, 5.74) is 4.17. The summed E-state index contributed by atoms with van der Waals surface area (Å²) < 4.78 is 39.9. The molecule has 0 aliphatic carbocycles. The van der Waals surface area contributed by atoms with Gasteiger partial charge in [0.05, 0.1) is 4.90 Å². The van der Waals surface area contributed by atoms with Crippen molar-refractivity contribution >= 4 is 27.2 Å². The number of H-pyrrole nitrogens is 1. The maximum atomic E-state index is 13.1. The molecule has 0 radical (unpaired) electrons. The number of nitrogens with one attached hydrogen (secondary N) is 1. The summed E-state index contributed by atoms with van der Waals surface area (Å²) in [6, 6.07) is 4.09. The molecule has 30 heavy (non-hydrogen) atoms. The van der Waals surface area contributed by atoms with E-state index in [9.17, 15) is 27.2 Å². The second kappa shape index (κ2) is 9.24. The van der Waals surface area contributed by atoms with Crippen molar-refractivity contribution in [1.29, 1.82) is 0 Å². The van der Waals surface area contributed by atoms with Gasteiger partial charge in [-0.25, -0.2) is 17.6 Å². The lowest BCUT2D eigenvalue weighted by molar-refractivity contribution is -0.117. The molecule has 0 fully saturated rings. The largest absolute Gasteiger partial charge is 0.383 e. The van der Waals surface area contributed by atoms with Crippen LogP contribution in [-0.4, -0.2) is 35.7 Å². The van der Waals surface area contributed by atoms with Gasteiger partial charge in [0.25, 0.3) is 5.56 Å². The van der Waals surface area contributed by atoms with E-state index in [1.165, 1.54) is 6.92 Å². The van der Waals surface area contributed by atoms with E-state index in [0.717, 1.165) is 40.2 Å². The minimum Gasteiger partial charge on any atom is -0.383 e. The highest BCUT2D eigenvalue weighted by atomic mass is 32.2. The maximum absolute atomic E-state index is 13.1. The number of unbranched alkanes of at least 4 members (excludes halogenated alkanes) is 1. The monoisotopic (exact) mass is 440 g/mol. The lowest BCUT2D eigenvalue weighted by atomic mass is 10.3. The molecule has 1 atom stereocenters. The summed E-state index contributed by atoms with van der Waals surface area (Å²) in [5, 5.41) is -1.57. The number of sulfone groups is 1. The second-order valence-electron chi connectivity index (χ2n) is 6.72. The number of nitrogens with zero attached hydrogens (tertiary/aromatic N) is 2. The van der Waals surface area contributed by atoms with Gasteiger partial charge in [-0.3, -0.25) is 19.1 Å². The summed E-state index contributed by atoms with van der Waals surface area (Å²) in [5.74, 6) is -1.71. The second-order valence-corrected chi connectivity index (χ2v) is 8.99. The van der Waals surface area contributed by atoms with Crippen molar-refractivity contribution in [2.45, 2.75) is 50.3 Å². The van der Waals surface area contributed by atoms with Gasteiger partial charge in [-0.05, 0) is 44.5 Å². The number of hydrogen-bond donors (Lipinski definition) is 2. The number of hydrogen-bond acceptors (Lipinski definition) is 6. The van der Waals surface area contributed by atoms with E-state index in [1.807, 2.05) is 6.92 Å². The number of aromatic amines is 1. The van der Waals surface area contributed by atoms with Gasteiger partial charge in [-0.1, -0.05) is 13.3 Å². The first-order valence-corrected chi connectivity index (χ1v) is 11.0. The Morgan fingerprint density at radius 1 is 1.23 bits per heavy atom.